The van der Waals surface area contributed by atoms with Crippen LogP contribution in [0.15, 0.2) is 24.3 Å². The minimum Gasteiger partial charge on any atom is -0.859 e. The van der Waals surface area contributed by atoms with E-state index in [-0.39, 0.29) is 5.56 Å². The molecule has 0 spiro atoms. The van der Waals surface area contributed by atoms with E-state index in [1.54, 1.807) is 18.2 Å². The summed E-state index contributed by atoms with van der Waals surface area (Å²) in [6, 6.07) is 6.50. The van der Waals surface area contributed by atoms with Gasteiger partial charge < -0.3 is 10.5 Å². The van der Waals surface area contributed by atoms with Gasteiger partial charge in [0.25, 0.3) is 0 Å². The number of rotatable bonds is 1. The molecule has 0 unspecified atom stereocenters. The summed E-state index contributed by atoms with van der Waals surface area (Å²) >= 11 is 5.58. The SMILES string of the molecule is N=C([O-])c1ccccc1Cl. The number of nitrogens with one attached hydrogen (secondary N) is 1. The molecule has 0 atom stereocenters. The van der Waals surface area contributed by atoms with Gasteiger partial charge in [0.1, 0.15) is 0 Å². The topological polar surface area (TPSA) is 46.9 Å². The summed E-state index contributed by atoms with van der Waals surface area (Å²) in [6.07, 6.45) is 0. The molecule has 0 aromatic heterocycles. The molecule has 0 heterocycles. The minimum atomic E-state index is -0.745. The highest BCUT2D eigenvalue weighted by molar-refractivity contribution is 6.33. The molecule has 0 amide bonds. The maximum absolute atomic E-state index is 10.4. The maximum Gasteiger partial charge on any atom is 0.0487 e. The Labute approximate surface area is 63.6 Å². The van der Waals surface area contributed by atoms with Crippen LogP contribution in [0.25, 0.3) is 0 Å². The molecule has 0 saturated carbocycles. The second-order valence-corrected chi connectivity index (χ2v) is 2.22. The molecule has 1 aromatic rings. The second kappa shape index (κ2) is 2.71. The summed E-state index contributed by atoms with van der Waals surface area (Å²) in [7, 11) is 0. The average Bonchev–Trinajstić information content (AvgIpc) is 1.88. The van der Waals surface area contributed by atoms with Crippen LogP contribution >= 0.6 is 11.6 Å². The lowest BCUT2D eigenvalue weighted by Crippen LogP contribution is -2.16. The fourth-order valence-corrected chi connectivity index (χ4v) is 0.867. The van der Waals surface area contributed by atoms with E-state index in [0.29, 0.717) is 5.02 Å². The van der Waals surface area contributed by atoms with Gasteiger partial charge in [0.05, 0.1) is 0 Å². The van der Waals surface area contributed by atoms with Crippen molar-refractivity contribution in [3.63, 3.8) is 0 Å². The summed E-state index contributed by atoms with van der Waals surface area (Å²) in [5.74, 6) is -0.745. The van der Waals surface area contributed by atoms with Crippen LogP contribution in [0.4, 0.5) is 0 Å². The van der Waals surface area contributed by atoms with E-state index >= 15 is 0 Å². The molecule has 2 nitrogen and oxygen atoms in total. The molecule has 3 heteroatoms. The Morgan fingerprint density at radius 2 is 2.00 bits per heavy atom. The normalized spacial score (nSPS) is 9.30. The summed E-state index contributed by atoms with van der Waals surface area (Å²) in [5.41, 5.74) is 0.254. The van der Waals surface area contributed by atoms with E-state index in [9.17, 15) is 5.11 Å². The van der Waals surface area contributed by atoms with Crippen LogP contribution in [0.2, 0.25) is 5.02 Å². The zero-order valence-electron chi connectivity index (χ0n) is 5.10. The molecule has 0 fully saturated rings. The summed E-state index contributed by atoms with van der Waals surface area (Å²) in [4.78, 5) is 0. The van der Waals surface area contributed by atoms with E-state index in [4.69, 9.17) is 17.0 Å². The highest BCUT2D eigenvalue weighted by Gasteiger charge is 1.94. The van der Waals surface area contributed by atoms with Gasteiger partial charge in [-0.1, -0.05) is 29.8 Å². The van der Waals surface area contributed by atoms with Gasteiger partial charge in [-0.05, 0) is 12.0 Å². The molecular weight excluding hydrogens is 150 g/mol. The Balaban J connectivity index is 3.15. The molecule has 1 aromatic carbocycles. The van der Waals surface area contributed by atoms with Gasteiger partial charge in [-0.25, -0.2) is 0 Å². The summed E-state index contributed by atoms with van der Waals surface area (Å²) < 4.78 is 0. The molecule has 1 N–H and O–H groups in total. The van der Waals surface area contributed by atoms with Crippen LogP contribution in [0.1, 0.15) is 5.56 Å². The van der Waals surface area contributed by atoms with Crippen molar-refractivity contribution in [1.29, 1.82) is 5.41 Å². The third kappa shape index (κ3) is 1.28. The first-order valence-corrected chi connectivity index (χ1v) is 3.10. The standard InChI is InChI=1S/C7H6ClNO/c8-6-4-2-1-3-5(6)7(9)10/h1-4H,(H2,9,10)/p-1. The van der Waals surface area contributed by atoms with Crippen LogP contribution in [0.5, 0.6) is 0 Å². The Bertz CT molecular complexity index is 260. The predicted molar refractivity (Wildman–Crippen MR) is 38.3 cm³/mol. The maximum atomic E-state index is 10.4. The van der Waals surface area contributed by atoms with Gasteiger partial charge in [0.15, 0.2) is 0 Å². The fraction of sp³-hybridized carbons (Fsp3) is 0. The zero-order valence-corrected chi connectivity index (χ0v) is 5.85. The lowest BCUT2D eigenvalue weighted by atomic mass is 10.2. The highest BCUT2D eigenvalue weighted by atomic mass is 35.5. The molecule has 52 valence electrons. The van der Waals surface area contributed by atoms with Crippen molar-refractivity contribution in [2.45, 2.75) is 0 Å². The zero-order chi connectivity index (χ0) is 7.56. The average molecular weight is 155 g/mol. The Kier molecular flexibility index (Phi) is 1.92. The third-order valence-corrected chi connectivity index (χ3v) is 1.45. The van der Waals surface area contributed by atoms with Gasteiger partial charge in [-0.3, -0.25) is 0 Å². The molecule has 10 heavy (non-hydrogen) atoms. The Hall–Kier alpha value is -1.02. The molecule has 1 rings (SSSR count). The van der Waals surface area contributed by atoms with Gasteiger partial charge in [-0.2, -0.15) is 0 Å². The van der Waals surface area contributed by atoms with E-state index < -0.39 is 5.90 Å². The van der Waals surface area contributed by atoms with Crippen LogP contribution in [0.3, 0.4) is 0 Å². The van der Waals surface area contributed by atoms with Crippen molar-refractivity contribution < 1.29 is 5.11 Å². The third-order valence-electron chi connectivity index (χ3n) is 1.12. The first-order chi connectivity index (χ1) is 4.72. The quantitative estimate of drug-likeness (QED) is 0.477. The molecule has 0 aliphatic carbocycles. The Morgan fingerprint density at radius 1 is 1.40 bits per heavy atom. The van der Waals surface area contributed by atoms with Gasteiger partial charge >= 0.3 is 0 Å². The van der Waals surface area contributed by atoms with E-state index in [2.05, 4.69) is 0 Å². The van der Waals surface area contributed by atoms with Gasteiger partial charge in [0.2, 0.25) is 0 Å². The smallest absolute Gasteiger partial charge is 0.0487 e. The number of hydrogen-bond acceptors (Lipinski definition) is 2. The largest absolute Gasteiger partial charge is 0.859 e. The minimum absolute atomic E-state index is 0.254. The van der Waals surface area contributed by atoms with Crippen LogP contribution in [-0.4, -0.2) is 5.90 Å². The lowest BCUT2D eigenvalue weighted by molar-refractivity contribution is -0.214. The van der Waals surface area contributed by atoms with Crippen molar-refractivity contribution in [3.05, 3.63) is 34.9 Å². The van der Waals surface area contributed by atoms with E-state index in [0.717, 1.165) is 0 Å². The van der Waals surface area contributed by atoms with Crippen LogP contribution < -0.4 is 5.11 Å². The predicted octanol–water partition coefficient (Wildman–Crippen LogP) is 1.03. The monoisotopic (exact) mass is 154 g/mol. The molecule has 0 radical (unpaired) electrons. The van der Waals surface area contributed by atoms with E-state index in [1.807, 2.05) is 0 Å². The molecule has 0 bridgehead atoms. The second-order valence-electron chi connectivity index (χ2n) is 1.81. The summed E-state index contributed by atoms with van der Waals surface area (Å²) in [5, 5.41) is 17.5. The van der Waals surface area contributed by atoms with Crippen molar-refractivity contribution in [2.75, 3.05) is 0 Å². The lowest BCUT2D eigenvalue weighted by Gasteiger charge is -2.07. The van der Waals surface area contributed by atoms with E-state index in [1.165, 1.54) is 6.07 Å². The first-order valence-electron chi connectivity index (χ1n) is 2.72. The van der Waals surface area contributed by atoms with Crippen molar-refractivity contribution >= 4 is 17.5 Å². The van der Waals surface area contributed by atoms with Gasteiger partial charge in [0, 0.05) is 10.6 Å². The number of hydrogen-bond donors (Lipinski definition) is 1. The van der Waals surface area contributed by atoms with Crippen LogP contribution in [0, 0.1) is 5.41 Å². The number of benzene rings is 1. The van der Waals surface area contributed by atoms with Crippen molar-refractivity contribution in [1.82, 2.24) is 0 Å². The molecule has 0 aliphatic heterocycles. The number of halogens is 1. The van der Waals surface area contributed by atoms with Gasteiger partial charge in [-0.15, -0.1) is 0 Å². The van der Waals surface area contributed by atoms with Crippen molar-refractivity contribution in [3.8, 4) is 0 Å². The van der Waals surface area contributed by atoms with Crippen molar-refractivity contribution in [2.24, 2.45) is 0 Å². The molecule has 0 aliphatic rings. The highest BCUT2D eigenvalue weighted by Crippen LogP contribution is 2.12. The molecular formula is C7H5ClNO-. The molecule has 0 saturated heterocycles. The summed E-state index contributed by atoms with van der Waals surface area (Å²) in [6.45, 7) is 0. The van der Waals surface area contributed by atoms with Crippen LogP contribution in [-0.2, 0) is 0 Å². The first kappa shape index (κ1) is 7.09. The fourth-order valence-electron chi connectivity index (χ4n) is 0.645. The Morgan fingerprint density at radius 3 is 2.40 bits per heavy atom.